The Morgan fingerprint density at radius 2 is 1.58 bits per heavy atom. The SMILES string of the molecule is CC(=O)/C=C(/C)O.CC(C)c1cccc(C(C)C)c1-n1c2ccc[c-]c2c2ncccc21.[Pt]. The Morgan fingerprint density at radius 3 is 2.09 bits per heavy atom. The molecule has 4 aromatic rings. The Bertz CT molecular complexity index is 1200. The molecule has 0 saturated heterocycles. The number of aliphatic hydroxyl groups is 1. The van der Waals surface area contributed by atoms with Crippen LogP contribution in [-0.2, 0) is 25.9 Å². The molecule has 4 rings (SSSR count). The van der Waals surface area contributed by atoms with Crippen LogP contribution in [0.5, 0.6) is 0 Å². The van der Waals surface area contributed by atoms with Crippen LogP contribution in [0.3, 0.4) is 0 Å². The van der Waals surface area contributed by atoms with Gasteiger partial charge in [-0.15, -0.1) is 24.3 Å². The second-order valence-corrected chi connectivity index (χ2v) is 8.63. The van der Waals surface area contributed by atoms with E-state index in [1.54, 1.807) is 0 Å². The van der Waals surface area contributed by atoms with Crippen LogP contribution in [0.15, 0.2) is 66.6 Å². The number of aromatic nitrogens is 2. The number of rotatable bonds is 4. The summed E-state index contributed by atoms with van der Waals surface area (Å²) in [6.07, 6.45) is 3.03. The Morgan fingerprint density at radius 1 is 0.970 bits per heavy atom. The van der Waals surface area contributed by atoms with E-state index in [1.807, 2.05) is 18.3 Å². The monoisotopic (exact) mass is 622 g/mol. The fraction of sp³-hybridized carbons (Fsp3) is 0.286. The standard InChI is InChI=1S/C23H23N2.C5H8O2.Pt/c1-15(2)17-10-7-11-18(16(3)4)23(17)25-20-12-6-5-9-19(20)22-21(25)13-8-14-24-22;1-4(6)3-5(2)7;/h5-8,10-16H,1-4H3;3,6H,1-2H3;/q-1;;/b;4-3-;. The fourth-order valence-electron chi connectivity index (χ4n) is 4.01. The molecule has 0 unspecified atom stereocenters. The van der Waals surface area contributed by atoms with Crippen LogP contribution < -0.4 is 0 Å². The van der Waals surface area contributed by atoms with Crippen molar-refractivity contribution in [1.29, 1.82) is 0 Å². The number of nitrogens with zero attached hydrogens (tertiary/aromatic N) is 2. The van der Waals surface area contributed by atoms with Crippen molar-refractivity contribution < 1.29 is 31.0 Å². The molecule has 2 heterocycles. The number of carbonyl (C=O) groups is 1. The van der Waals surface area contributed by atoms with E-state index in [9.17, 15) is 4.79 Å². The molecule has 4 nitrogen and oxygen atoms in total. The zero-order valence-electron chi connectivity index (χ0n) is 20.0. The molecule has 2 aromatic carbocycles. The van der Waals surface area contributed by atoms with Crippen molar-refractivity contribution in [1.82, 2.24) is 9.55 Å². The molecule has 0 aliphatic rings. The Kier molecular flexibility index (Phi) is 9.19. The first-order valence-corrected chi connectivity index (χ1v) is 11.0. The van der Waals surface area contributed by atoms with E-state index in [2.05, 4.69) is 79.7 Å². The van der Waals surface area contributed by atoms with E-state index in [-0.39, 0.29) is 32.6 Å². The summed E-state index contributed by atoms with van der Waals surface area (Å²) >= 11 is 0. The van der Waals surface area contributed by atoms with E-state index in [4.69, 9.17) is 5.11 Å². The van der Waals surface area contributed by atoms with Crippen molar-refractivity contribution in [3.8, 4) is 5.69 Å². The van der Waals surface area contributed by atoms with Gasteiger partial charge in [-0.2, -0.15) is 0 Å². The van der Waals surface area contributed by atoms with Crippen LogP contribution in [0.25, 0.3) is 27.6 Å². The van der Waals surface area contributed by atoms with Gasteiger partial charge in [-0.3, -0.25) is 4.79 Å². The molecule has 2 aromatic heterocycles. The van der Waals surface area contributed by atoms with Crippen molar-refractivity contribution in [2.75, 3.05) is 0 Å². The molecular formula is C28H31N2O2Pt-. The van der Waals surface area contributed by atoms with Gasteiger partial charge in [-0.25, -0.2) is 0 Å². The minimum Gasteiger partial charge on any atom is -0.512 e. The predicted octanol–water partition coefficient (Wildman–Crippen LogP) is 7.26. The minimum atomic E-state index is -0.125. The number of carbonyl (C=O) groups excluding carboxylic acids is 1. The maximum absolute atomic E-state index is 10.0. The summed E-state index contributed by atoms with van der Waals surface area (Å²) in [6.45, 7) is 11.9. The van der Waals surface area contributed by atoms with Crippen LogP contribution in [0.4, 0.5) is 0 Å². The molecule has 0 aliphatic carbocycles. The molecule has 0 radical (unpaired) electrons. The quantitative estimate of drug-likeness (QED) is 0.148. The second kappa shape index (κ2) is 11.4. The molecule has 0 saturated carbocycles. The molecular weight excluding hydrogens is 591 g/mol. The number of aliphatic hydroxyl groups excluding tert-OH is 1. The molecule has 1 N–H and O–H groups in total. The fourth-order valence-corrected chi connectivity index (χ4v) is 4.01. The smallest absolute Gasteiger partial charge is 0.155 e. The van der Waals surface area contributed by atoms with E-state index < -0.39 is 0 Å². The first-order chi connectivity index (χ1) is 15.2. The Balaban J connectivity index is 0.000000423. The second-order valence-electron chi connectivity index (χ2n) is 8.63. The summed E-state index contributed by atoms with van der Waals surface area (Å²) in [6, 6.07) is 20.5. The van der Waals surface area contributed by atoms with Gasteiger partial charge >= 0.3 is 0 Å². The number of fused-ring (bicyclic) bond motifs is 3. The van der Waals surface area contributed by atoms with Crippen molar-refractivity contribution in [2.24, 2.45) is 0 Å². The summed E-state index contributed by atoms with van der Waals surface area (Å²) in [5.41, 5.74) is 7.39. The molecule has 176 valence electrons. The average Bonchev–Trinajstić information content (AvgIpc) is 3.07. The molecule has 0 fully saturated rings. The molecule has 0 spiro atoms. The molecule has 0 atom stereocenters. The number of ketones is 1. The van der Waals surface area contributed by atoms with Crippen LogP contribution in [-0.4, -0.2) is 20.4 Å². The number of pyridine rings is 1. The molecule has 33 heavy (non-hydrogen) atoms. The van der Waals surface area contributed by atoms with Crippen molar-refractivity contribution >= 4 is 27.7 Å². The number of para-hydroxylation sites is 1. The molecule has 0 amide bonds. The summed E-state index contributed by atoms with van der Waals surface area (Å²) < 4.78 is 2.39. The van der Waals surface area contributed by atoms with Gasteiger partial charge in [0.25, 0.3) is 0 Å². The van der Waals surface area contributed by atoms with E-state index in [0.29, 0.717) is 11.8 Å². The van der Waals surface area contributed by atoms with Gasteiger partial charge in [0.15, 0.2) is 5.78 Å². The molecule has 0 bridgehead atoms. The van der Waals surface area contributed by atoms with Gasteiger partial charge in [-0.05, 0) is 54.5 Å². The third-order valence-electron chi connectivity index (χ3n) is 5.32. The molecule has 5 heteroatoms. The van der Waals surface area contributed by atoms with Crippen LogP contribution in [0.1, 0.15) is 64.5 Å². The number of hydrogen-bond donors (Lipinski definition) is 1. The third-order valence-corrected chi connectivity index (χ3v) is 5.32. The van der Waals surface area contributed by atoms with Crippen LogP contribution >= 0.6 is 0 Å². The predicted molar refractivity (Wildman–Crippen MR) is 133 cm³/mol. The van der Waals surface area contributed by atoms with E-state index >= 15 is 0 Å². The number of allylic oxidation sites excluding steroid dienone is 2. The normalized spacial score (nSPS) is 11.5. The average molecular weight is 623 g/mol. The zero-order chi connectivity index (χ0) is 23.4. The first-order valence-electron chi connectivity index (χ1n) is 11.0. The number of hydrogen-bond acceptors (Lipinski definition) is 3. The van der Waals surface area contributed by atoms with Gasteiger partial charge in [0.2, 0.25) is 0 Å². The van der Waals surface area contributed by atoms with E-state index in [1.165, 1.54) is 42.3 Å². The van der Waals surface area contributed by atoms with Crippen molar-refractivity contribution in [3.63, 3.8) is 0 Å². The Hall–Kier alpha value is -2.71. The topological polar surface area (TPSA) is 55.1 Å². The number of benzene rings is 2. The van der Waals surface area contributed by atoms with Gasteiger partial charge < -0.3 is 14.7 Å². The summed E-state index contributed by atoms with van der Waals surface area (Å²) in [7, 11) is 0. The molecule has 0 aliphatic heterocycles. The maximum atomic E-state index is 10.0. The summed E-state index contributed by atoms with van der Waals surface area (Å²) in [5.74, 6) is 0.837. The van der Waals surface area contributed by atoms with Crippen LogP contribution in [0, 0.1) is 6.07 Å². The zero-order valence-corrected chi connectivity index (χ0v) is 22.3. The first kappa shape index (κ1) is 26.5. The maximum Gasteiger partial charge on any atom is 0.155 e. The Labute approximate surface area is 210 Å². The van der Waals surface area contributed by atoms with Gasteiger partial charge in [0, 0.05) is 50.1 Å². The van der Waals surface area contributed by atoms with Crippen molar-refractivity contribution in [3.05, 3.63) is 83.8 Å². The third kappa shape index (κ3) is 5.81. The van der Waals surface area contributed by atoms with Crippen LogP contribution in [0.2, 0.25) is 0 Å². The summed E-state index contributed by atoms with van der Waals surface area (Å²) in [5, 5.41) is 9.45. The van der Waals surface area contributed by atoms with Crippen molar-refractivity contribution in [2.45, 2.75) is 53.4 Å². The summed E-state index contributed by atoms with van der Waals surface area (Å²) in [4.78, 5) is 14.7. The van der Waals surface area contributed by atoms with Gasteiger partial charge in [0.05, 0.1) is 5.76 Å². The van der Waals surface area contributed by atoms with E-state index in [0.717, 1.165) is 16.4 Å². The largest absolute Gasteiger partial charge is 0.512 e. The van der Waals surface area contributed by atoms with Gasteiger partial charge in [0.1, 0.15) is 0 Å². The van der Waals surface area contributed by atoms with Gasteiger partial charge in [-0.1, -0.05) is 51.3 Å². The minimum absolute atomic E-state index is 0.